The number of aromatic nitrogens is 2. The first kappa shape index (κ1) is 15.5. The van der Waals surface area contributed by atoms with Crippen molar-refractivity contribution in [3.8, 4) is 0 Å². The van der Waals surface area contributed by atoms with Crippen molar-refractivity contribution in [2.24, 2.45) is 0 Å². The predicted molar refractivity (Wildman–Crippen MR) is 93.8 cm³/mol. The average Bonchev–Trinajstić information content (AvgIpc) is 3.01. The van der Waals surface area contributed by atoms with Crippen LogP contribution >= 0.6 is 22.9 Å². The van der Waals surface area contributed by atoms with Gasteiger partial charge in [0.05, 0.1) is 11.9 Å². The highest BCUT2D eigenvalue weighted by Crippen LogP contribution is 2.24. The number of benzene rings is 1. The minimum Gasteiger partial charge on any atom is -0.330 e. The number of halogens is 1. The Bertz CT molecular complexity index is 835. The first-order valence-electron chi connectivity index (χ1n) is 6.82. The van der Waals surface area contributed by atoms with Gasteiger partial charge < -0.3 is 10.6 Å². The normalized spacial score (nSPS) is 10.3. The fourth-order valence-electron chi connectivity index (χ4n) is 1.92. The monoisotopic (exact) mass is 344 g/mol. The van der Waals surface area contributed by atoms with Crippen LogP contribution < -0.4 is 10.6 Å². The number of nitrogens with zero attached hydrogens (tertiary/aromatic N) is 2. The van der Waals surface area contributed by atoms with Gasteiger partial charge in [-0.2, -0.15) is 0 Å². The van der Waals surface area contributed by atoms with Crippen molar-refractivity contribution < 1.29 is 4.79 Å². The summed E-state index contributed by atoms with van der Waals surface area (Å²) in [6, 6.07) is 9.09. The Balaban J connectivity index is 1.72. The topological polar surface area (TPSA) is 66.9 Å². The number of rotatable bonds is 4. The number of pyridine rings is 1. The van der Waals surface area contributed by atoms with Crippen LogP contribution in [0.5, 0.6) is 0 Å². The van der Waals surface area contributed by atoms with Gasteiger partial charge in [0.25, 0.3) is 5.91 Å². The van der Waals surface area contributed by atoms with E-state index in [1.165, 1.54) is 11.3 Å². The van der Waals surface area contributed by atoms with Gasteiger partial charge >= 0.3 is 0 Å². The molecule has 7 heteroatoms. The SMILES string of the molecule is Cc1c(Cl)cccc1NC(=O)c1csc(Nc2cccnc2)n1. The summed E-state index contributed by atoms with van der Waals surface area (Å²) in [5.74, 6) is -0.272. The molecule has 5 nitrogen and oxygen atoms in total. The molecule has 0 atom stereocenters. The van der Waals surface area contributed by atoms with Crippen molar-refractivity contribution in [2.75, 3.05) is 10.6 Å². The lowest BCUT2D eigenvalue weighted by atomic mass is 10.2. The van der Waals surface area contributed by atoms with E-state index in [1.54, 1.807) is 36.0 Å². The van der Waals surface area contributed by atoms with E-state index >= 15 is 0 Å². The number of nitrogens with one attached hydrogen (secondary N) is 2. The molecule has 116 valence electrons. The molecule has 0 bridgehead atoms. The second-order valence-electron chi connectivity index (χ2n) is 4.77. The zero-order valence-corrected chi connectivity index (χ0v) is 13.8. The molecule has 1 aromatic carbocycles. The Morgan fingerprint density at radius 2 is 2.13 bits per heavy atom. The van der Waals surface area contributed by atoms with E-state index < -0.39 is 0 Å². The van der Waals surface area contributed by atoms with Crippen LogP contribution in [0.25, 0.3) is 0 Å². The standard InChI is InChI=1S/C16H13ClN4OS/c1-10-12(17)5-2-6-13(10)20-15(22)14-9-23-16(21-14)19-11-4-3-7-18-8-11/h2-9H,1H3,(H,19,21)(H,20,22). The molecule has 0 fully saturated rings. The Labute approximate surface area is 142 Å². The molecule has 0 saturated carbocycles. The summed E-state index contributed by atoms with van der Waals surface area (Å²) < 4.78 is 0. The smallest absolute Gasteiger partial charge is 0.275 e. The molecule has 0 unspecified atom stereocenters. The zero-order chi connectivity index (χ0) is 16.2. The summed E-state index contributed by atoms with van der Waals surface area (Å²) in [5.41, 5.74) is 2.67. The van der Waals surface area contributed by atoms with E-state index in [0.717, 1.165) is 11.3 Å². The van der Waals surface area contributed by atoms with Gasteiger partial charge in [0.2, 0.25) is 0 Å². The summed E-state index contributed by atoms with van der Waals surface area (Å²) in [4.78, 5) is 20.6. The number of hydrogen-bond donors (Lipinski definition) is 2. The predicted octanol–water partition coefficient (Wildman–Crippen LogP) is 4.50. The molecule has 0 aliphatic heterocycles. The third-order valence-corrected chi connectivity index (χ3v) is 4.33. The number of thiazole rings is 1. The van der Waals surface area contributed by atoms with Crippen LogP contribution in [0.4, 0.5) is 16.5 Å². The van der Waals surface area contributed by atoms with Crippen LogP contribution in [0, 0.1) is 6.92 Å². The van der Waals surface area contributed by atoms with Gasteiger partial charge in [-0.15, -0.1) is 11.3 Å². The molecule has 0 spiro atoms. The summed E-state index contributed by atoms with van der Waals surface area (Å²) in [7, 11) is 0. The molecule has 2 heterocycles. The number of amides is 1. The van der Waals surface area contributed by atoms with Crippen LogP contribution in [0.2, 0.25) is 5.02 Å². The molecule has 3 aromatic rings. The Morgan fingerprint density at radius 3 is 2.91 bits per heavy atom. The molecule has 2 N–H and O–H groups in total. The molecule has 0 aliphatic rings. The molecule has 0 radical (unpaired) electrons. The summed E-state index contributed by atoms with van der Waals surface area (Å²) in [5, 5.41) is 8.88. The van der Waals surface area contributed by atoms with Gasteiger partial charge in [-0.25, -0.2) is 4.98 Å². The third-order valence-electron chi connectivity index (χ3n) is 3.17. The first-order valence-corrected chi connectivity index (χ1v) is 8.08. The van der Waals surface area contributed by atoms with E-state index in [-0.39, 0.29) is 5.91 Å². The summed E-state index contributed by atoms with van der Waals surface area (Å²) >= 11 is 7.41. The Morgan fingerprint density at radius 1 is 1.26 bits per heavy atom. The van der Waals surface area contributed by atoms with Crippen LogP contribution in [0.1, 0.15) is 16.1 Å². The maximum atomic E-state index is 12.3. The van der Waals surface area contributed by atoms with Gasteiger partial charge in [-0.3, -0.25) is 9.78 Å². The minimum atomic E-state index is -0.272. The van der Waals surface area contributed by atoms with Crippen LogP contribution in [-0.4, -0.2) is 15.9 Å². The lowest BCUT2D eigenvalue weighted by Gasteiger charge is -2.08. The van der Waals surface area contributed by atoms with E-state index in [2.05, 4.69) is 20.6 Å². The molecule has 2 aromatic heterocycles. The van der Waals surface area contributed by atoms with Gasteiger partial charge in [0, 0.05) is 22.3 Å². The van der Waals surface area contributed by atoms with Crippen molar-refractivity contribution in [3.05, 3.63) is 64.4 Å². The highest BCUT2D eigenvalue weighted by molar-refractivity contribution is 7.14. The summed E-state index contributed by atoms with van der Waals surface area (Å²) in [6.07, 6.45) is 3.38. The Hall–Kier alpha value is -2.44. The quantitative estimate of drug-likeness (QED) is 0.731. The van der Waals surface area contributed by atoms with Gasteiger partial charge in [0.15, 0.2) is 5.13 Å². The fraction of sp³-hybridized carbons (Fsp3) is 0.0625. The Kier molecular flexibility index (Phi) is 4.55. The van der Waals surface area contributed by atoms with Crippen molar-refractivity contribution in [1.29, 1.82) is 0 Å². The highest BCUT2D eigenvalue weighted by Gasteiger charge is 2.13. The molecular weight excluding hydrogens is 332 g/mol. The van der Waals surface area contributed by atoms with E-state index in [4.69, 9.17) is 11.6 Å². The van der Waals surface area contributed by atoms with Gasteiger partial charge in [-0.1, -0.05) is 17.7 Å². The average molecular weight is 345 g/mol. The van der Waals surface area contributed by atoms with Crippen molar-refractivity contribution in [1.82, 2.24) is 9.97 Å². The number of hydrogen-bond acceptors (Lipinski definition) is 5. The second kappa shape index (κ2) is 6.76. The minimum absolute atomic E-state index is 0.272. The summed E-state index contributed by atoms with van der Waals surface area (Å²) in [6.45, 7) is 1.86. The number of carbonyl (C=O) groups excluding carboxylic acids is 1. The molecular formula is C16H13ClN4OS. The van der Waals surface area contributed by atoms with Crippen LogP contribution in [0.15, 0.2) is 48.1 Å². The maximum Gasteiger partial charge on any atom is 0.275 e. The number of carbonyl (C=O) groups is 1. The molecule has 3 rings (SSSR count). The van der Waals surface area contributed by atoms with Crippen LogP contribution in [-0.2, 0) is 0 Å². The largest absolute Gasteiger partial charge is 0.330 e. The van der Waals surface area contributed by atoms with Crippen molar-refractivity contribution in [3.63, 3.8) is 0 Å². The molecule has 0 saturated heterocycles. The van der Waals surface area contributed by atoms with E-state index in [1.807, 2.05) is 19.1 Å². The highest BCUT2D eigenvalue weighted by atomic mass is 35.5. The van der Waals surface area contributed by atoms with E-state index in [0.29, 0.717) is 21.5 Å². The lowest BCUT2D eigenvalue weighted by molar-refractivity contribution is 0.102. The maximum absolute atomic E-state index is 12.3. The fourth-order valence-corrected chi connectivity index (χ4v) is 2.81. The third kappa shape index (κ3) is 3.67. The first-order chi connectivity index (χ1) is 11.1. The second-order valence-corrected chi connectivity index (χ2v) is 6.04. The van der Waals surface area contributed by atoms with E-state index in [9.17, 15) is 4.79 Å². The molecule has 23 heavy (non-hydrogen) atoms. The molecule has 0 aliphatic carbocycles. The molecule has 1 amide bonds. The number of anilines is 3. The van der Waals surface area contributed by atoms with Crippen molar-refractivity contribution >= 4 is 45.4 Å². The van der Waals surface area contributed by atoms with Crippen molar-refractivity contribution in [2.45, 2.75) is 6.92 Å². The van der Waals surface area contributed by atoms with Gasteiger partial charge in [-0.05, 0) is 36.8 Å². The van der Waals surface area contributed by atoms with Crippen LogP contribution in [0.3, 0.4) is 0 Å². The van der Waals surface area contributed by atoms with Gasteiger partial charge in [0.1, 0.15) is 5.69 Å². The lowest BCUT2D eigenvalue weighted by Crippen LogP contribution is -2.13. The zero-order valence-electron chi connectivity index (χ0n) is 12.2.